The van der Waals surface area contributed by atoms with Crippen LogP contribution in [0.3, 0.4) is 0 Å². The first-order chi connectivity index (χ1) is 9.72. The van der Waals surface area contributed by atoms with Crippen LogP contribution in [0.25, 0.3) is 11.5 Å². The highest BCUT2D eigenvalue weighted by molar-refractivity contribution is 9.10. The monoisotopic (exact) mass is 353 g/mol. The number of nitrogens with two attached hydrogens (primary N) is 1. The van der Waals surface area contributed by atoms with Crippen LogP contribution in [0.4, 0.5) is 5.69 Å². The summed E-state index contributed by atoms with van der Waals surface area (Å²) >= 11 is 5.34. The average Bonchev–Trinajstić information content (AvgIpc) is 3.10. The summed E-state index contributed by atoms with van der Waals surface area (Å²) in [6.07, 6.45) is 5.35. The van der Waals surface area contributed by atoms with Crippen LogP contribution >= 0.6 is 27.7 Å². The number of thioether (sulfide) groups is 1. The van der Waals surface area contributed by atoms with Gasteiger partial charge in [-0.1, -0.05) is 18.0 Å². The van der Waals surface area contributed by atoms with E-state index in [2.05, 4.69) is 26.1 Å². The van der Waals surface area contributed by atoms with Gasteiger partial charge in [0.15, 0.2) is 5.82 Å². The molecule has 0 aliphatic heterocycles. The van der Waals surface area contributed by atoms with Crippen molar-refractivity contribution in [3.8, 4) is 11.5 Å². The van der Waals surface area contributed by atoms with Gasteiger partial charge in [0.05, 0.1) is 5.75 Å². The smallest absolute Gasteiger partial charge is 0.257 e. The molecule has 1 aromatic heterocycles. The molecule has 3 rings (SSSR count). The summed E-state index contributed by atoms with van der Waals surface area (Å²) in [5.41, 5.74) is 7.36. The molecular formula is C14H16BrN3OS. The molecule has 0 bridgehead atoms. The van der Waals surface area contributed by atoms with Crippen molar-refractivity contribution < 1.29 is 4.52 Å². The minimum atomic E-state index is 0.549. The number of halogens is 1. The molecule has 4 nitrogen and oxygen atoms in total. The van der Waals surface area contributed by atoms with E-state index in [0.29, 0.717) is 11.6 Å². The van der Waals surface area contributed by atoms with Gasteiger partial charge in [-0.25, -0.2) is 0 Å². The molecule has 6 heteroatoms. The summed E-state index contributed by atoms with van der Waals surface area (Å²) < 4.78 is 6.17. The highest BCUT2D eigenvalue weighted by Crippen LogP contribution is 2.32. The predicted octanol–water partition coefficient (Wildman–Crippen LogP) is 4.26. The molecule has 20 heavy (non-hydrogen) atoms. The Morgan fingerprint density at radius 3 is 2.90 bits per heavy atom. The Hall–Kier alpha value is -1.01. The summed E-state index contributed by atoms with van der Waals surface area (Å²) in [6, 6.07) is 5.62. The van der Waals surface area contributed by atoms with Crippen LogP contribution in [-0.2, 0) is 5.75 Å². The lowest BCUT2D eigenvalue weighted by atomic mass is 10.2. The van der Waals surface area contributed by atoms with Gasteiger partial charge in [-0.3, -0.25) is 0 Å². The molecule has 106 valence electrons. The number of anilines is 1. The zero-order chi connectivity index (χ0) is 13.9. The molecule has 0 spiro atoms. The first kappa shape index (κ1) is 13.9. The Morgan fingerprint density at radius 1 is 1.35 bits per heavy atom. The lowest BCUT2D eigenvalue weighted by Gasteiger charge is -2.04. The van der Waals surface area contributed by atoms with Gasteiger partial charge >= 0.3 is 0 Å². The second-order valence-corrected chi connectivity index (χ2v) is 7.11. The van der Waals surface area contributed by atoms with Crippen LogP contribution < -0.4 is 5.73 Å². The quantitative estimate of drug-likeness (QED) is 0.832. The lowest BCUT2D eigenvalue weighted by Crippen LogP contribution is -1.95. The van der Waals surface area contributed by atoms with Gasteiger partial charge in [0.2, 0.25) is 0 Å². The molecular weight excluding hydrogens is 338 g/mol. The molecule has 1 aromatic carbocycles. The maximum atomic E-state index is 5.77. The van der Waals surface area contributed by atoms with Crippen LogP contribution in [0.1, 0.15) is 31.5 Å². The summed E-state index contributed by atoms with van der Waals surface area (Å²) in [5.74, 6) is 2.14. The fourth-order valence-corrected chi connectivity index (χ4v) is 3.88. The van der Waals surface area contributed by atoms with Crippen LogP contribution in [-0.4, -0.2) is 15.4 Å². The fourth-order valence-electron chi connectivity index (χ4n) is 2.34. The number of hydrogen-bond acceptors (Lipinski definition) is 5. The number of benzene rings is 1. The average molecular weight is 354 g/mol. The molecule has 0 amide bonds. The van der Waals surface area contributed by atoms with Crippen LogP contribution in [0.5, 0.6) is 0 Å². The lowest BCUT2D eigenvalue weighted by molar-refractivity contribution is 0.425. The van der Waals surface area contributed by atoms with Gasteiger partial charge < -0.3 is 10.3 Å². The van der Waals surface area contributed by atoms with Crippen molar-refractivity contribution in [3.05, 3.63) is 28.5 Å². The minimum Gasteiger partial charge on any atom is -0.398 e. The normalized spacial score (nSPS) is 15.8. The van der Waals surface area contributed by atoms with Crippen molar-refractivity contribution in [1.29, 1.82) is 0 Å². The zero-order valence-electron chi connectivity index (χ0n) is 11.0. The van der Waals surface area contributed by atoms with Crippen LogP contribution in [0, 0.1) is 0 Å². The number of rotatable bonds is 4. The molecule has 1 aliphatic carbocycles. The molecule has 1 saturated carbocycles. The Bertz CT molecular complexity index is 596. The van der Waals surface area contributed by atoms with E-state index >= 15 is 0 Å². The Morgan fingerprint density at radius 2 is 2.15 bits per heavy atom. The third-order valence-corrected chi connectivity index (χ3v) is 5.52. The Kier molecular flexibility index (Phi) is 4.31. The van der Waals surface area contributed by atoms with Gasteiger partial charge in [-0.2, -0.15) is 16.7 Å². The molecule has 2 N–H and O–H groups in total. The SMILES string of the molecule is Nc1ccc(-c2nc(CSC3CCCC3)no2)cc1Br. The number of nitrogen functional groups attached to an aromatic ring is 1. The molecule has 0 atom stereocenters. The Balaban J connectivity index is 1.67. The Labute approximate surface area is 130 Å². The largest absolute Gasteiger partial charge is 0.398 e. The third kappa shape index (κ3) is 3.17. The molecule has 0 saturated heterocycles. The maximum absolute atomic E-state index is 5.77. The molecule has 0 radical (unpaired) electrons. The fraction of sp³-hybridized carbons (Fsp3) is 0.429. The summed E-state index contributed by atoms with van der Waals surface area (Å²) in [4.78, 5) is 4.45. The summed E-state index contributed by atoms with van der Waals surface area (Å²) in [6.45, 7) is 0. The van der Waals surface area contributed by atoms with Crippen molar-refractivity contribution in [3.63, 3.8) is 0 Å². The standard InChI is InChI=1S/C14H16BrN3OS/c15-11-7-9(5-6-12(11)16)14-17-13(18-19-14)8-20-10-3-1-2-4-10/h5-7,10H,1-4,8,16H2. The predicted molar refractivity (Wildman–Crippen MR) is 85.4 cm³/mol. The molecule has 1 aliphatic rings. The van der Waals surface area contributed by atoms with Crippen molar-refractivity contribution in [2.75, 3.05) is 5.73 Å². The van der Waals surface area contributed by atoms with E-state index in [1.54, 1.807) is 0 Å². The molecule has 1 fully saturated rings. The van der Waals surface area contributed by atoms with E-state index in [0.717, 1.165) is 26.9 Å². The van der Waals surface area contributed by atoms with E-state index in [4.69, 9.17) is 10.3 Å². The van der Waals surface area contributed by atoms with E-state index in [1.165, 1.54) is 25.7 Å². The second kappa shape index (κ2) is 6.18. The van der Waals surface area contributed by atoms with Crippen molar-refractivity contribution in [2.45, 2.75) is 36.7 Å². The molecule has 0 unspecified atom stereocenters. The summed E-state index contributed by atoms with van der Waals surface area (Å²) in [7, 11) is 0. The number of nitrogens with zero attached hydrogens (tertiary/aromatic N) is 2. The van der Waals surface area contributed by atoms with Gasteiger partial charge in [0.1, 0.15) is 0 Å². The number of hydrogen-bond donors (Lipinski definition) is 1. The highest BCUT2D eigenvalue weighted by atomic mass is 79.9. The van der Waals surface area contributed by atoms with E-state index in [9.17, 15) is 0 Å². The third-order valence-electron chi connectivity index (χ3n) is 3.47. The van der Waals surface area contributed by atoms with Crippen molar-refractivity contribution in [2.24, 2.45) is 0 Å². The van der Waals surface area contributed by atoms with E-state index in [1.807, 2.05) is 30.0 Å². The second-order valence-electron chi connectivity index (χ2n) is 4.97. The van der Waals surface area contributed by atoms with E-state index in [-0.39, 0.29) is 0 Å². The number of aromatic nitrogens is 2. The maximum Gasteiger partial charge on any atom is 0.257 e. The van der Waals surface area contributed by atoms with Gasteiger partial charge in [0, 0.05) is 21.0 Å². The van der Waals surface area contributed by atoms with E-state index < -0.39 is 0 Å². The topological polar surface area (TPSA) is 64.9 Å². The summed E-state index contributed by atoms with van der Waals surface area (Å²) in [5, 5.41) is 4.82. The minimum absolute atomic E-state index is 0.549. The first-order valence-corrected chi connectivity index (χ1v) is 8.56. The van der Waals surface area contributed by atoms with Crippen LogP contribution in [0.15, 0.2) is 27.2 Å². The van der Waals surface area contributed by atoms with Gasteiger partial charge in [0.25, 0.3) is 5.89 Å². The van der Waals surface area contributed by atoms with Crippen molar-refractivity contribution >= 4 is 33.4 Å². The highest BCUT2D eigenvalue weighted by Gasteiger charge is 2.17. The van der Waals surface area contributed by atoms with Gasteiger partial charge in [-0.05, 0) is 47.0 Å². The van der Waals surface area contributed by atoms with Crippen LogP contribution in [0.2, 0.25) is 0 Å². The zero-order valence-corrected chi connectivity index (χ0v) is 13.4. The molecule has 1 heterocycles. The first-order valence-electron chi connectivity index (χ1n) is 6.72. The van der Waals surface area contributed by atoms with Gasteiger partial charge in [-0.15, -0.1) is 0 Å². The van der Waals surface area contributed by atoms with Crippen molar-refractivity contribution in [1.82, 2.24) is 10.1 Å². The molecule has 2 aromatic rings.